The van der Waals surface area contributed by atoms with Gasteiger partial charge in [-0.3, -0.25) is 4.79 Å². The third kappa shape index (κ3) is 2.70. The van der Waals surface area contributed by atoms with Gasteiger partial charge >= 0.3 is 0 Å². The molecule has 3 rings (SSSR count). The first kappa shape index (κ1) is 13.5. The Balaban J connectivity index is 1.78. The zero-order chi connectivity index (χ0) is 14.8. The van der Waals surface area contributed by atoms with Crippen LogP contribution in [0.5, 0.6) is 11.5 Å². The van der Waals surface area contributed by atoms with Gasteiger partial charge in [-0.1, -0.05) is 30.3 Å². The van der Waals surface area contributed by atoms with Crippen LogP contribution in [0.3, 0.4) is 0 Å². The molecule has 0 fully saturated rings. The Morgan fingerprint density at radius 2 is 1.62 bits per heavy atom. The molecule has 4 nitrogen and oxygen atoms in total. The van der Waals surface area contributed by atoms with E-state index in [2.05, 4.69) is 5.32 Å². The van der Waals surface area contributed by atoms with Crippen molar-refractivity contribution in [3.8, 4) is 11.5 Å². The van der Waals surface area contributed by atoms with Crippen molar-refractivity contribution in [3.63, 3.8) is 0 Å². The van der Waals surface area contributed by atoms with Crippen molar-refractivity contribution in [2.75, 3.05) is 5.32 Å². The molecule has 2 aromatic rings. The molecule has 2 aromatic carbocycles. The molecule has 2 atom stereocenters. The highest BCUT2D eigenvalue weighted by Crippen LogP contribution is 2.33. The van der Waals surface area contributed by atoms with E-state index in [1.807, 2.05) is 56.3 Å². The maximum absolute atomic E-state index is 12.4. The number of nitrogens with one attached hydrogen (secondary N) is 1. The largest absolute Gasteiger partial charge is 0.482 e. The van der Waals surface area contributed by atoms with E-state index in [9.17, 15) is 4.79 Å². The highest BCUT2D eigenvalue weighted by molar-refractivity contribution is 5.95. The zero-order valence-electron chi connectivity index (χ0n) is 12.0. The van der Waals surface area contributed by atoms with Gasteiger partial charge in [-0.25, -0.2) is 0 Å². The number of carbonyl (C=O) groups excluding carboxylic acids is 1. The molecule has 0 radical (unpaired) electrons. The molecule has 0 aliphatic carbocycles. The average Bonchev–Trinajstić information content (AvgIpc) is 2.49. The van der Waals surface area contributed by atoms with Crippen LogP contribution in [0, 0.1) is 6.92 Å². The normalized spacial score (nSPS) is 19.9. The van der Waals surface area contributed by atoms with Crippen LogP contribution < -0.4 is 14.8 Å². The summed E-state index contributed by atoms with van der Waals surface area (Å²) in [4.78, 5) is 12.4. The van der Waals surface area contributed by atoms with Crippen LogP contribution in [0.15, 0.2) is 48.5 Å². The number of hydrogen-bond donors (Lipinski definition) is 1. The lowest BCUT2D eigenvalue weighted by molar-refractivity contribution is -0.128. The Labute approximate surface area is 123 Å². The SMILES string of the molecule is Cc1ccccc1NC(=O)[C@@H]1Oc2ccccc2O[C@@H]1C. The van der Waals surface area contributed by atoms with E-state index in [0.29, 0.717) is 11.5 Å². The molecule has 1 aliphatic heterocycles. The molecule has 0 aromatic heterocycles. The maximum atomic E-state index is 12.4. The van der Waals surface area contributed by atoms with Gasteiger partial charge in [-0.2, -0.15) is 0 Å². The van der Waals surface area contributed by atoms with Crippen LogP contribution in [-0.2, 0) is 4.79 Å². The molecule has 1 heterocycles. The van der Waals surface area contributed by atoms with Crippen LogP contribution in [-0.4, -0.2) is 18.1 Å². The first-order valence-corrected chi connectivity index (χ1v) is 6.94. The summed E-state index contributed by atoms with van der Waals surface area (Å²) in [6.07, 6.45) is -1.01. The third-order valence-electron chi connectivity index (χ3n) is 3.50. The Morgan fingerprint density at radius 1 is 1.00 bits per heavy atom. The first-order chi connectivity index (χ1) is 10.1. The molecular formula is C17H17NO3. The fourth-order valence-corrected chi connectivity index (χ4v) is 2.32. The number of fused-ring (bicyclic) bond motifs is 1. The Morgan fingerprint density at radius 3 is 2.33 bits per heavy atom. The minimum atomic E-state index is -0.667. The number of carbonyl (C=O) groups is 1. The van der Waals surface area contributed by atoms with Gasteiger partial charge in [0.2, 0.25) is 6.10 Å². The van der Waals surface area contributed by atoms with Crippen molar-refractivity contribution in [1.29, 1.82) is 0 Å². The fourth-order valence-electron chi connectivity index (χ4n) is 2.32. The van der Waals surface area contributed by atoms with Crippen molar-refractivity contribution in [2.45, 2.75) is 26.1 Å². The molecule has 21 heavy (non-hydrogen) atoms. The van der Waals surface area contributed by atoms with Crippen molar-refractivity contribution < 1.29 is 14.3 Å². The lowest BCUT2D eigenvalue weighted by Crippen LogP contribution is -2.46. The summed E-state index contributed by atoms with van der Waals surface area (Å²) >= 11 is 0. The van der Waals surface area contributed by atoms with Crippen LogP contribution in [0.2, 0.25) is 0 Å². The molecule has 0 bridgehead atoms. The summed E-state index contributed by atoms with van der Waals surface area (Å²) in [5, 5.41) is 2.90. The Kier molecular flexibility index (Phi) is 3.52. The van der Waals surface area contributed by atoms with E-state index in [1.54, 1.807) is 6.07 Å². The number of aryl methyl sites for hydroxylation is 1. The molecule has 0 saturated carbocycles. The van der Waals surface area contributed by atoms with Gasteiger partial charge in [0.15, 0.2) is 11.5 Å². The van der Waals surface area contributed by atoms with Crippen molar-refractivity contribution >= 4 is 11.6 Å². The molecule has 1 N–H and O–H groups in total. The summed E-state index contributed by atoms with van der Waals surface area (Å²) in [6, 6.07) is 15.0. The summed E-state index contributed by atoms with van der Waals surface area (Å²) in [6.45, 7) is 3.78. The van der Waals surface area contributed by atoms with Gasteiger partial charge in [0, 0.05) is 5.69 Å². The summed E-state index contributed by atoms with van der Waals surface area (Å²) in [5.41, 5.74) is 1.80. The van der Waals surface area contributed by atoms with Crippen molar-refractivity contribution in [3.05, 3.63) is 54.1 Å². The monoisotopic (exact) mass is 283 g/mol. The number of benzene rings is 2. The molecule has 0 unspecified atom stereocenters. The van der Waals surface area contributed by atoms with E-state index in [1.165, 1.54) is 0 Å². The zero-order valence-corrected chi connectivity index (χ0v) is 12.0. The maximum Gasteiger partial charge on any atom is 0.269 e. The second-order valence-corrected chi connectivity index (χ2v) is 5.11. The summed E-state index contributed by atoms with van der Waals surface area (Å²) < 4.78 is 11.5. The second-order valence-electron chi connectivity index (χ2n) is 5.11. The first-order valence-electron chi connectivity index (χ1n) is 6.94. The van der Waals surface area contributed by atoms with E-state index in [0.717, 1.165) is 11.3 Å². The number of amides is 1. The number of rotatable bonds is 2. The number of anilines is 1. The molecular weight excluding hydrogens is 266 g/mol. The van der Waals surface area contributed by atoms with Gasteiger partial charge in [0.25, 0.3) is 5.91 Å². The van der Waals surface area contributed by atoms with Crippen LogP contribution >= 0.6 is 0 Å². The lowest BCUT2D eigenvalue weighted by Gasteiger charge is -2.31. The predicted molar refractivity (Wildman–Crippen MR) is 80.8 cm³/mol. The van der Waals surface area contributed by atoms with Gasteiger partial charge in [-0.05, 0) is 37.6 Å². The fraction of sp³-hybridized carbons (Fsp3) is 0.235. The van der Waals surface area contributed by atoms with Gasteiger partial charge in [0.1, 0.15) is 6.10 Å². The number of para-hydroxylation sites is 3. The number of ether oxygens (including phenoxy) is 2. The molecule has 4 heteroatoms. The van der Waals surface area contributed by atoms with Crippen molar-refractivity contribution in [2.24, 2.45) is 0 Å². The molecule has 0 spiro atoms. The lowest BCUT2D eigenvalue weighted by atomic mass is 10.1. The third-order valence-corrected chi connectivity index (χ3v) is 3.50. The van der Waals surface area contributed by atoms with Gasteiger partial charge < -0.3 is 14.8 Å². The molecule has 0 saturated heterocycles. The second kappa shape index (κ2) is 5.48. The summed E-state index contributed by atoms with van der Waals surface area (Å²) in [7, 11) is 0. The summed E-state index contributed by atoms with van der Waals surface area (Å²) in [5.74, 6) is 1.07. The van der Waals surface area contributed by atoms with Gasteiger partial charge in [0.05, 0.1) is 0 Å². The van der Waals surface area contributed by atoms with Crippen LogP contribution in [0.4, 0.5) is 5.69 Å². The topological polar surface area (TPSA) is 47.6 Å². The van der Waals surface area contributed by atoms with E-state index in [4.69, 9.17) is 9.47 Å². The highest BCUT2D eigenvalue weighted by atomic mass is 16.6. The average molecular weight is 283 g/mol. The van der Waals surface area contributed by atoms with Crippen LogP contribution in [0.25, 0.3) is 0 Å². The van der Waals surface area contributed by atoms with Gasteiger partial charge in [-0.15, -0.1) is 0 Å². The molecule has 1 aliphatic rings. The molecule has 1 amide bonds. The number of hydrogen-bond acceptors (Lipinski definition) is 3. The smallest absolute Gasteiger partial charge is 0.269 e. The predicted octanol–water partition coefficient (Wildman–Crippen LogP) is 3.16. The molecule has 108 valence electrons. The Bertz CT molecular complexity index is 669. The minimum absolute atomic E-state index is 0.202. The highest BCUT2D eigenvalue weighted by Gasteiger charge is 2.34. The van der Waals surface area contributed by atoms with Crippen molar-refractivity contribution in [1.82, 2.24) is 0 Å². The standard InChI is InChI=1S/C17H17NO3/c1-11-7-3-4-8-13(11)18-17(19)16-12(2)20-14-9-5-6-10-15(14)21-16/h3-10,12,16H,1-2H3,(H,18,19)/t12-,16-/m1/s1. The van der Waals surface area contributed by atoms with Crippen LogP contribution in [0.1, 0.15) is 12.5 Å². The Hall–Kier alpha value is -2.49. The van der Waals surface area contributed by atoms with E-state index >= 15 is 0 Å². The van der Waals surface area contributed by atoms with E-state index < -0.39 is 6.10 Å². The minimum Gasteiger partial charge on any atom is -0.482 e. The van der Waals surface area contributed by atoms with E-state index in [-0.39, 0.29) is 12.0 Å². The quantitative estimate of drug-likeness (QED) is 0.921.